The smallest absolute Gasteiger partial charge is 0.00179 e. The maximum atomic E-state index is 2.42. The summed E-state index contributed by atoms with van der Waals surface area (Å²) in [4.78, 5) is 0. The molecule has 6 aromatic rings. The molecular formula is C38H34P2. The Kier molecular flexibility index (Phi) is 7.31. The minimum absolute atomic E-state index is 0.373. The van der Waals surface area contributed by atoms with Crippen LogP contribution >= 0.6 is 15.1 Å². The molecule has 1 fully saturated rings. The van der Waals surface area contributed by atoms with Gasteiger partial charge in [-0.1, -0.05) is 121 Å². The normalized spacial score (nSPS) is 16.5. The van der Waals surface area contributed by atoms with Crippen LogP contribution in [0.4, 0.5) is 0 Å². The van der Waals surface area contributed by atoms with Crippen LogP contribution in [0.15, 0.2) is 146 Å². The fourth-order valence-electron chi connectivity index (χ4n) is 6.36. The van der Waals surface area contributed by atoms with Gasteiger partial charge in [0.15, 0.2) is 0 Å². The van der Waals surface area contributed by atoms with E-state index in [1.165, 1.54) is 47.4 Å². The second-order valence-corrected chi connectivity index (χ2v) is 15.4. The summed E-state index contributed by atoms with van der Waals surface area (Å²) < 4.78 is 0. The number of rotatable bonds is 8. The first kappa shape index (κ1) is 25.4. The number of hydrogen-bond acceptors (Lipinski definition) is 0. The first-order valence-electron chi connectivity index (χ1n) is 14.5. The molecule has 0 unspecified atom stereocenters. The van der Waals surface area contributed by atoms with Gasteiger partial charge in [0.1, 0.15) is 0 Å². The lowest BCUT2D eigenvalue weighted by Crippen LogP contribution is -2.26. The third-order valence-corrected chi connectivity index (χ3v) is 14.3. The van der Waals surface area contributed by atoms with E-state index in [1.807, 2.05) is 0 Å². The summed E-state index contributed by atoms with van der Waals surface area (Å²) in [7, 11) is -0.745. The van der Waals surface area contributed by atoms with Crippen LogP contribution in [0.1, 0.15) is 12.8 Å². The van der Waals surface area contributed by atoms with Crippen molar-refractivity contribution >= 4 is 15.1 Å². The Bertz CT molecular complexity index is 1440. The van der Waals surface area contributed by atoms with Crippen molar-refractivity contribution in [2.75, 3.05) is 0 Å². The van der Waals surface area contributed by atoms with Gasteiger partial charge in [0, 0.05) is 21.2 Å². The summed E-state index contributed by atoms with van der Waals surface area (Å²) in [5.74, 6) is 1.58. The zero-order valence-electron chi connectivity index (χ0n) is 22.7. The maximum absolute atomic E-state index is 2.42. The summed E-state index contributed by atoms with van der Waals surface area (Å²) in [6.45, 7) is 0. The molecule has 40 heavy (non-hydrogen) atoms. The Hall–Kier alpha value is -3.56. The van der Waals surface area contributed by atoms with E-state index in [2.05, 4.69) is 146 Å². The third kappa shape index (κ3) is 5.04. The van der Waals surface area contributed by atoms with E-state index in [1.54, 1.807) is 21.2 Å². The zero-order chi connectivity index (χ0) is 26.7. The summed E-state index contributed by atoms with van der Waals surface area (Å²) in [6, 6.07) is 54.1. The van der Waals surface area contributed by atoms with Gasteiger partial charge in [-0.25, -0.2) is 0 Å². The summed E-state index contributed by atoms with van der Waals surface area (Å²) >= 11 is 0. The summed E-state index contributed by atoms with van der Waals surface area (Å²) in [6.07, 6.45) is 5.34. The minimum Gasteiger partial charge on any atom is -0.108 e. The predicted octanol–water partition coefficient (Wildman–Crippen LogP) is 12.1. The van der Waals surface area contributed by atoms with E-state index in [9.17, 15) is 0 Å². The average Bonchev–Trinajstić information content (AvgIpc) is 3.64. The lowest BCUT2D eigenvalue weighted by molar-refractivity contribution is 0.199. The molecule has 4 aromatic carbocycles. The van der Waals surface area contributed by atoms with Gasteiger partial charge >= 0.3 is 0 Å². The highest BCUT2D eigenvalue weighted by atomic mass is 31.1. The molecular weight excluding hydrogens is 518 g/mol. The van der Waals surface area contributed by atoms with Crippen molar-refractivity contribution in [3.8, 4) is 43.4 Å². The van der Waals surface area contributed by atoms with Crippen molar-refractivity contribution in [1.82, 2.24) is 0 Å². The Morgan fingerprint density at radius 3 is 0.825 bits per heavy atom. The van der Waals surface area contributed by atoms with Gasteiger partial charge in [-0.3, -0.25) is 0 Å². The van der Waals surface area contributed by atoms with E-state index in [0.717, 1.165) is 11.8 Å². The molecule has 0 spiro atoms. The van der Waals surface area contributed by atoms with Crippen molar-refractivity contribution in [3.63, 3.8) is 0 Å². The molecule has 1 aliphatic rings. The molecule has 0 radical (unpaired) electrons. The van der Waals surface area contributed by atoms with Crippen LogP contribution in [0.25, 0.3) is 43.4 Å². The highest BCUT2D eigenvalue weighted by Gasteiger charge is 2.33. The van der Waals surface area contributed by atoms with Crippen molar-refractivity contribution in [2.24, 2.45) is 11.8 Å². The molecule has 0 nitrogen and oxygen atoms in total. The molecule has 2 atom stereocenters. The molecule has 1 saturated carbocycles. The van der Waals surface area contributed by atoms with Crippen LogP contribution in [0.5, 0.6) is 0 Å². The third-order valence-electron chi connectivity index (χ3n) is 8.65. The van der Waals surface area contributed by atoms with Crippen LogP contribution in [-0.2, 0) is 12.3 Å². The first-order chi connectivity index (χ1) is 19.8. The summed E-state index contributed by atoms with van der Waals surface area (Å²) in [5, 5.41) is 6.23. The van der Waals surface area contributed by atoms with E-state index < -0.39 is 0 Å². The molecule has 0 aliphatic heterocycles. The molecule has 2 heterocycles. The van der Waals surface area contributed by atoms with Gasteiger partial charge in [0.2, 0.25) is 0 Å². The van der Waals surface area contributed by atoms with Crippen LogP contribution in [0, 0.1) is 11.8 Å². The van der Waals surface area contributed by atoms with Crippen LogP contribution in [-0.4, -0.2) is 0 Å². The Morgan fingerprint density at radius 2 is 0.600 bits per heavy atom. The van der Waals surface area contributed by atoms with E-state index in [-0.39, 0.29) is 15.1 Å². The predicted molar refractivity (Wildman–Crippen MR) is 176 cm³/mol. The SMILES string of the molecule is c1ccc(-c2ccc(-c3ccccc3)p2C[C@@H]2CC[C@H]2Cp2c(-c3ccccc3)ccc2-c2ccccc2)cc1. The molecule has 0 bridgehead atoms. The monoisotopic (exact) mass is 552 g/mol. The van der Waals surface area contributed by atoms with Crippen LogP contribution in [0.2, 0.25) is 0 Å². The second kappa shape index (κ2) is 11.5. The Labute approximate surface area is 240 Å². The van der Waals surface area contributed by atoms with Gasteiger partial charge < -0.3 is 0 Å². The van der Waals surface area contributed by atoms with Gasteiger partial charge in [-0.2, -0.15) is 0 Å². The van der Waals surface area contributed by atoms with E-state index >= 15 is 0 Å². The Morgan fingerprint density at radius 1 is 0.350 bits per heavy atom. The fraction of sp³-hybridized carbons (Fsp3) is 0.158. The maximum Gasteiger partial charge on any atom is 0.00179 e. The van der Waals surface area contributed by atoms with Gasteiger partial charge in [-0.05, 0) is 83.5 Å². The van der Waals surface area contributed by atoms with Gasteiger partial charge in [0.25, 0.3) is 0 Å². The lowest BCUT2D eigenvalue weighted by Gasteiger charge is -2.38. The highest BCUT2D eigenvalue weighted by molar-refractivity contribution is 7.56. The largest absolute Gasteiger partial charge is 0.108 e. The minimum atomic E-state index is -0.373. The average molecular weight is 553 g/mol. The fourth-order valence-corrected chi connectivity index (χ4v) is 12.4. The van der Waals surface area contributed by atoms with E-state index in [0.29, 0.717) is 0 Å². The topological polar surface area (TPSA) is 0 Å². The van der Waals surface area contributed by atoms with Crippen molar-refractivity contribution in [2.45, 2.75) is 25.2 Å². The number of hydrogen-bond donors (Lipinski definition) is 0. The van der Waals surface area contributed by atoms with Gasteiger partial charge in [0.05, 0.1) is 0 Å². The van der Waals surface area contributed by atoms with Crippen LogP contribution < -0.4 is 0 Å². The first-order valence-corrected chi connectivity index (χ1v) is 17.5. The number of benzene rings is 4. The standard InChI is InChI=1S/C38H34P2/c1-5-13-29(14-6-1)35-23-24-36(30-15-7-2-8-16-30)39(35)27-33-21-22-34(33)28-40-37(31-17-9-3-10-18-31)25-26-38(40)32-19-11-4-12-20-32/h1-20,23-26,33-34H,21-22,27-28H2/t33-,34-/m0/s1. The molecule has 2 heteroatoms. The molecule has 0 N–H and O–H groups in total. The van der Waals surface area contributed by atoms with Crippen molar-refractivity contribution in [3.05, 3.63) is 146 Å². The highest BCUT2D eigenvalue weighted by Crippen LogP contribution is 2.60. The van der Waals surface area contributed by atoms with E-state index in [4.69, 9.17) is 0 Å². The Balaban J connectivity index is 1.23. The molecule has 196 valence electrons. The van der Waals surface area contributed by atoms with Crippen molar-refractivity contribution < 1.29 is 0 Å². The van der Waals surface area contributed by atoms with Crippen LogP contribution in [0.3, 0.4) is 0 Å². The molecule has 1 aliphatic carbocycles. The molecule has 2 aromatic heterocycles. The molecule has 0 amide bonds. The molecule has 0 saturated heterocycles. The second-order valence-electron chi connectivity index (χ2n) is 11.0. The molecule has 7 rings (SSSR count). The quantitative estimate of drug-likeness (QED) is 0.176. The summed E-state index contributed by atoms with van der Waals surface area (Å²) in [5.41, 5.74) is 5.59. The van der Waals surface area contributed by atoms with Crippen molar-refractivity contribution in [1.29, 1.82) is 0 Å². The van der Waals surface area contributed by atoms with Gasteiger partial charge in [-0.15, -0.1) is 15.1 Å². The zero-order valence-corrected chi connectivity index (χ0v) is 24.5. The lowest BCUT2D eigenvalue weighted by atomic mass is 9.76.